The number of ketones is 1. The van der Waals surface area contributed by atoms with E-state index in [9.17, 15) is 9.59 Å². The molecule has 2 bridgehead atoms. The van der Waals surface area contributed by atoms with E-state index in [1.54, 1.807) is 0 Å². The SMILES string of the molecule is Cc1ccc2ccccc2c1C(=O)C1CC2CCC(C1)N2C(=O)OCc1ccccc1. The summed E-state index contributed by atoms with van der Waals surface area (Å²) in [5.41, 5.74) is 2.86. The summed E-state index contributed by atoms with van der Waals surface area (Å²) >= 11 is 0. The fraction of sp³-hybridized carbons (Fsp3) is 0.333. The molecule has 2 unspecified atom stereocenters. The first kappa shape index (κ1) is 19.8. The molecule has 2 aliphatic rings. The van der Waals surface area contributed by atoms with Crippen molar-refractivity contribution in [2.45, 2.75) is 51.3 Å². The van der Waals surface area contributed by atoms with Crippen molar-refractivity contribution in [1.29, 1.82) is 0 Å². The third kappa shape index (κ3) is 3.71. The summed E-state index contributed by atoms with van der Waals surface area (Å²) in [4.78, 5) is 28.3. The number of fused-ring (bicyclic) bond motifs is 3. The number of carbonyl (C=O) groups is 2. The van der Waals surface area contributed by atoms with Crippen LogP contribution in [0, 0.1) is 12.8 Å². The zero-order valence-electron chi connectivity index (χ0n) is 17.8. The standard InChI is InChI=1S/C27H27NO3/c1-18-11-12-20-9-5-6-10-24(20)25(18)26(29)21-15-22-13-14-23(16-21)28(22)27(30)31-17-19-7-3-2-4-8-19/h2-12,21-23H,13-17H2,1H3. The summed E-state index contributed by atoms with van der Waals surface area (Å²) < 4.78 is 5.61. The highest BCUT2D eigenvalue weighted by atomic mass is 16.6. The molecule has 0 radical (unpaired) electrons. The van der Waals surface area contributed by atoms with Gasteiger partial charge < -0.3 is 9.64 Å². The number of Topliss-reactive ketones (excluding diaryl/α,β-unsaturated/α-hetero) is 1. The second kappa shape index (κ2) is 8.18. The molecule has 2 saturated heterocycles. The molecule has 1 amide bonds. The second-order valence-corrected chi connectivity index (χ2v) is 8.84. The number of nitrogens with zero attached hydrogens (tertiary/aromatic N) is 1. The summed E-state index contributed by atoms with van der Waals surface area (Å²) in [5.74, 6) is 0.184. The maximum atomic E-state index is 13.6. The quantitative estimate of drug-likeness (QED) is 0.500. The smallest absolute Gasteiger partial charge is 0.410 e. The van der Waals surface area contributed by atoms with Crippen LogP contribution in [0.4, 0.5) is 4.79 Å². The Labute approximate surface area is 182 Å². The number of hydrogen-bond donors (Lipinski definition) is 0. The number of rotatable bonds is 4. The Morgan fingerprint density at radius 3 is 2.32 bits per heavy atom. The molecule has 0 aliphatic carbocycles. The Bertz CT molecular complexity index is 1110. The minimum absolute atomic E-state index is 0.0415. The monoisotopic (exact) mass is 413 g/mol. The number of hydrogen-bond acceptors (Lipinski definition) is 3. The van der Waals surface area contributed by atoms with Gasteiger partial charge in [0.2, 0.25) is 0 Å². The van der Waals surface area contributed by atoms with E-state index in [0.29, 0.717) is 0 Å². The second-order valence-electron chi connectivity index (χ2n) is 8.84. The van der Waals surface area contributed by atoms with E-state index in [1.807, 2.05) is 66.4 Å². The minimum atomic E-state index is -0.247. The Hall–Kier alpha value is -3.14. The van der Waals surface area contributed by atoms with Crippen LogP contribution in [0.5, 0.6) is 0 Å². The lowest BCUT2D eigenvalue weighted by Gasteiger charge is -2.37. The Kier molecular flexibility index (Phi) is 5.23. The predicted octanol–water partition coefficient (Wildman–Crippen LogP) is 5.91. The lowest BCUT2D eigenvalue weighted by atomic mass is 9.82. The highest BCUT2D eigenvalue weighted by molar-refractivity contribution is 6.10. The Balaban J connectivity index is 1.32. The largest absolute Gasteiger partial charge is 0.445 e. The van der Waals surface area contributed by atoms with Gasteiger partial charge in [0.05, 0.1) is 0 Å². The molecule has 2 heterocycles. The fourth-order valence-electron chi connectivity index (χ4n) is 5.39. The van der Waals surface area contributed by atoms with Crippen molar-refractivity contribution in [3.63, 3.8) is 0 Å². The van der Waals surface area contributed by atoms with Crippen LogP contribution in [-0.2, 0) is 11.3 Å². The molecule has 3 aromatic rings. The van der Waals surface area contributed by atoms with Gasteiger partial charge in [0.1, 0.15) is 6.61 Å². The van der Waals surface area contributed by atoms with Crippen LogP contribution in [0.2, 0.25) is 0 Å². The first-order chi connectivity index (χ1) is 15.1. The molecule has 2 aliphatic heterocycles. The Morgan fingerprint density at radius 1 is 0.903 bits per heavy atom. The lowest BCUT2D eigenvalue weighted by molar-refractivity contribution is 0.0485. The number of ether oxygens (including phenoxy) is 1. The van der Waals surface area contributed by atoms with Crippen LogP contribution in [0.25, 0.3) is 10.8 Å². The maximum absolute atomic E-state index is 13.6. The van der Waals surface area contributed by atoms with Gasteiger partial charge in [0.15, 0.2) is 5.78 Å². The van der Waals surface area contributed by atoms with Crippen molar-refractivity contribution in [1.82, 2.24) is 4.90 Å². The summed E-state index contributed by atoms with van der Waals surface area (Å²) in [6, 6.07) is 22.1. The van der Waals surface area contributed by atoms with Gasteiger partial charge >= 0.3 is 6.09 Å². The molecule has 2 atom stereocenters. The molecule has 2 fully saturated rings. The van der Waals surface area contributed by atoms with Gasteiger partial charge in [-0.2, -0.15) is 0 Å². The molecule has 0 spiro atoms. The first-order valence-corrected chi connectivity index (χ1v) is 11.1. The summed E-state index contributed by atoms with van der Waals surface area (Å²) in [6.45, 7) is 2.30. The lowest BCUT2D eigenvalue weighted by Crippen LogP contribution is -2.48. The highest BCUT2D eigenvalue weighted by Crippen LogP contribution is 2.41. The molecule has 4 nitrogen and oxygen atoms in total. The van der Waals surface area contributed by atoms with Crippen LogP contribution in [0.1, 0.15) is 47.2 Å². The van der Waals surface area contributed by atoms with Gasteiger partial charge in [-0.3, -0.25) is 4.79 Å². The van der Waals surface area contributed by atoms with Crippen molar-refractivity contribution in [2.75, 3.05) is 0 Å². The van der Waals surface area contributed by atoms with Crippen molar-refractivity contribution in [3.05, 3.63) is 83.4 Å². The fourth-order valence-corrected chi connectivity index (χ4v) is 5.39. The minimum Gasteiger partial charge on any atom is -0.445 e. The van der Waals surface area contributed by atoms with E-state index >= 15 is 0 Å². The van der Waals surface area contributed by atoms with Crippen molar-refractivity contribution >= 4 is 22.6 Å². The molecule has 158 valence electrons. The van der Waals surface area contributed by atoms with Crippen LogP contribution < -0.4 is 0 Å². The van der Waals surface area contributed by atoms with E-state index in [2.05, 4.69) is 12.1 Å². The third-order valence-electron chi connectivity index (χ3n) is 6.90. The van der Waals surface area contributed by atoms with Crippen molar-refractivity contribution in [2.24, 2.45) is 5.92 Å². The summed E-state index contributed by atoms with van der Waals surface area (Å²) in [6.07, 6.45) is 3.09. The van der Waals surface area contributed by atoms with Crippen LogP contribution >= 0.6 is 0 Å². The zero-order valence-corrected chi connectivity index (χ0v) is 17.8. The summed E-state index contributed by atoms with van der Waals surface area (Å²) in [5, 5.41) is 2.13. The molecule has 0 aromatic heterocycles. The van der Waals surface area contributed by atoms with Gasteiger partial charge in [-0.25, -0.2) is 4.79 Å². The van der Waals surface area contributed by atoms with Crippen LogP contribution in [0.3, 0.4) is 0 Å². The zero-order chi connectivity index (χ0) is 21.4. The number of piperidine rings is 1. The van der Waals surface area contributed by atoms with E-state index in [-0.39, 0.29) is 36.5 Å². The molecule has 0 N–H and O–H groups in total. The number of benzene rings is 3. The first-order valence-electron chi connectivity index (χ1n) is 11.1. The van der Waals surface area contributed by atoms with Gasteiger partial charge in [0, 0.05) is 23.6 Å². The third-order valence-corrected chi connectivity index (χ3v) is 6.90. The normalized spacial score (nSPS) is 22.5. The number of aryl methyl sites for hydroxylation is 1. The van der Waals surface area contributed by atoms with Gasteiger partial charge in [0.25, 0.3) is 0 Å². The predicted molar refractivity (Wildman–Crippen MR) is 121 cm³/mol. The Morgan fingerprint density at radius 2 is 1.58 bits per heavy atom. The highest BCUT2D eigenvalue weighted by Gasteiger charge is 2.46. The van der Waals surface area contributed by atoms with Gasteiger partial charge in [-0.1, -0.05) is 66.7 Å². The number of amides is 1. The molecule has 3 aromatic carbocycles. The molecule has 5 rings (SSSR count). The molecule has 4 heteroatoms. The molecule has 0 saturated carbocycles. The molecular weight excluding hydrogens is 386 g/mol. The van der Waals surface area contributed by atoms with E-state index < -0.39 is 0 Å². The molecular formula is C27H27NO3. The van der Waals surface area contributed by atoms with Crippen molar-refractivity contribution < 1.29 is 14.3 Å². The van der Waals surface area contributed by atoms with Crippen LogP contribution in [-0.4, -0.2) is 28.9 Å². The topological polar surface area (TPSA) is 46.6 Å². The average Bonchev–Trinajstić information content (AvgIpc) is 3.07. The van der Waals surface area contributed by atoms with E-state index in [0.717, 1.165) is 53.1 Å². The average molecular weight is 414 g/mol. The number of carbonyl (C=O) groups excluding carboxylic acids is 2. The summed E-state index contributed by atoms with van der Waals surface area (Å²) in [7, 11) is 0. The van der Waals surface area contributed by atoms with Crippen molar-refractivity contribution in [3.8, 4) is 0 Å². The van der Waals surface area contributed by atoms with E-state index in [1.165, 1.54) is 0 Å². The molecule has 31 heavy (non-hydrogen) atoms. The van der Waals surface area contributed by atoms with Gasteiger partial charge in [-0.15, -0.1) is 0 Å². The van der Waals surface area contributed by atoms with Gasteiger partial charge in [-0.05, 0) is 54.5 Å². The van der Waals surface area contributed by atoms with Crippen LogP contribution in [0.15, 0.2) is 66.7 Å². The van der Waals surface area contributed by atoms with E-state index in [4.69, 9.17) is 4.74 Å². The maximum Gasteiger partial charge on any atom is 0.410 e.